The van der Waals surface area contributed by atoms with Gasteiger partial charge in [0.15, 0.2) is 5.75 Å². The fourth-order valence-corrected chi connectivity index (χ4v) is 2.14. The minimum atomic E-state index is -0.456. The fourth-order valence-electron chi connectivity index (χ4n) is 1.96. The number of nitrogens with zero attached hydrogens (tertiary/aromatic N) is 1. The number of nitrogens with one attached hydrogen (secondary N) is 1. The average molecular weight is 307 g/mol. The van der Waals surface area contributed by atoms with E-state index in [-0.39, 0.29) is 11.4 Å². The van der Waals surface area contributed by atoms with Crippen molar-refractivity contribution in [3.8, 4) is 5.75 Å². The summed E-state index contributed by atoms with van der Waals surface area (Å²) >= 11 is 6.10. The number of nitro benzene ring substituents is 1. The van der Waals surface area contributed by atoms with Gasteiger partial charge >= 0.3 is 5.69 Å². The van der Waals surface area contributed by atoms with E-state index < -0.39 is 4.92 Å². The van der Waals surface area contributed by atoms with E-state index in [1.165, 1.54) is 13.2 Å². The highest BCUT2D eigenvalue weighted by Crippen LogP contribution is 2.28. The van der Waals surface area contributed by atoms with E-state index in [1.54, 1.807) is 12.1 Å². The zero-order valence-electron chi connectivity index (χ0n) is 11.7. The molecule has 0 spiro atoms. The van der Waals surface area contributed by atoms with Gasteiger partial charge in [0.25, 0.3) is 0 Å². The highest BCUT2D eigenvalue weighted by Gasteiger charge is 2.15. The van der Waals surface area contributed by atoms with Crippen molar-refractivity contribution in [1.82, 2.24) is 0 Å². The Hall–Kier alpha value is -2.27. The number of anilines is 1. The molecule has 5 nitrogen and oxygen atoms in total. The molecule has 0 radical (unpaired) electrons. The molecule has 0 atom stereocenters. The first kappa shape index (κ1) is 15.1. The van der Waals surface area contributed by atoms with Crippen LogP contribution in [0.25, 0.3) is 0 Å². The summed E-state index contributed by atoms with van der Waals surface area (Å²) in [7, 11) is 1.41. The molecule has 0 heterocycles. The van der Waals surface area contributed by atoms with Crippen molar-refractivity contribution >= 4 is 23.0 Å². The zero-order valence-corrected chi connectivity index (χ0v) is 12.5. The lowest BCUT2D eigenvalue weighted by molar-refractivity contribution is -0.385. The van der Waals surface area contributed by atoms with Gasteiger partial charge in [0.05, 0.1) is 22.7 Å². The Labute approximate surface area is 127 Å². The highest BCUT2D eigenvalue weighted by atomic mass is 35.5. The molecule has 2 rings (SSSR count). The van der Waals surface area contributed by atoms with Gasteiger partial charge in [0.2, 0.25) is 0 Å². The van der Waals surface area contributed by atoms with Crippen LogP contribution < -0.4 is 10.1 Å². The topological polar surface area (TPSA) is 64.4 Å². The second-order valence-corrected chi connectivity index (χ2v) is 5.01. The average Bonchev–Trinajstić information content (AvgIpc) is 2.47. The lowest BCUT2D eigenvalue weighted by Gasteiger charge is -2.10. The second-order valence-electron chi connectivity index (χ2n) is 4.60. The van der Waals surface area contributed by atoms with Crippen molar-refractivity contribution in [2.75, 3.05) is 12.4 Å². The Morgan fingerprint density at radius 1 is 1.29 bits per heavy atom. The van der Waals surface area contributed by atoms with Crippen LogP contribution in [0.5, 0.6) is 5.75 Å². The number of hydrogen-bond donors (Lipinski definition) is 1. The number of ether oxygens (including phenoxy) is 1. The number of hydrogen-bond acceptors (Lipinski definition) is 4. The van der Waals surface area contributed by atoms with Crippen molar-refractivity contribution in [2.24, 2.45) is 0 Å². The molecule has 0 fully saturated rings. The summed E-state index contributed by atoms with van der Waals surface area (Å²) in [4.78, 5) is 10.5. The lowest BCUT2D eigenvalue weighted by atomic mass is 10.1. The van der Waals surface area contributed by atoms with Gasteiger partial charge in [-0.15, -0.1) is 0 Å². The Bertz CT molecular complexity index is 674. The Morgan fingerprint density at radius 3 is 2.71 bits per heavy atom. The van der Waals surface area contributed by atoms with E-state index in [2.05, 4.69) is 5.32 Å². The van der Waals surface area contributed by atoms with Gasteiger partial charge in [-0.3, -0.25) is 10.1 Å². The molecule has 0 aliphatic carbocycles. The van der Waals surface area contributed by atoms with Crippen LogP contribution in [0.15, 0.2) is 36.4 Å². The van der Waals surface area contributed by atoms with Crippen LogP contribution in [0.4, 0.5) is 11.4 Å². The summed E-state index contributed by atoms with van der Waals surface area (Å²) in [5, 5.41) is 14.8. The van der Waals surface area contributed by atoms with E-state index >= 15 is 0 Å². The molecule has 1 N–H and O–H groups in total. The molecule has 0 aromatic heterocycles. The van der Waals surface area contributed by atoms with Gasteiger partial charge < -0.3 is 10.1 Å². The van der Waals surface area contributed by atoms with Crippen LogP contribution in [0.1, 0.15) is 11.1 Å². The largest absolute Gasteiger partial charge is 0.490 e. The molecule has 0 aliphatic rings. The monoisotopic (exact) mass is 306 g/mol. The predicted molar refractivity (Wildman–Crippen MR) is 83.2 cm³/mol. The first-order valence-corrected chi connectivity index (χ1v) is 6.70. The second kappa shape index (κ2) is 6.45. The first-order chi connectivity index (χ1) is 10.0. The van der Waals surface area contributed by atoms with E-state index in [0.29, 0.717) is 11.6 Å². The van der Waals surface area contributed by atoms with Crippen molar-refractivity contribution in [3.05, 3.63) is 62.7 Å². The van der Waals surface area contributed by atoms with E-state index in [4.69, 9.17) is 16.3 Å². The molecule has 110 valence electrons. The number of halogens is 1. The lowest BCUT2D eigenvalue weighted by Crippen LogP contribution is -2.02. The number of nitro groups is 1. The summed E-state index contributed by atoms with van der Waals surface area (Å²) < 4.78 is 4.98. The SMILES string of the molecule is COc1ccc(CNc2cc(C)ccc2Cl)cc1[N+](=O)[O-]. The molecule has 0 saturated carbocycles. The first-order valence-electron chi connectivity index (χ1n) is 6.32. The molecule has 0 amide bonds. The van der Waals surface area contributed by atoms with Gasteiger partial charge in [0, 0.05) is 12.6 Å². The summed E-state index contributed by atoms with van der Waals surface area (Å²) in [5.74, 6) is 0.248. The molecular formula is C15H15ClN2O3. The summed E-state index contributed by atoms with van der Waals surface area (Å²) in [5.41, 5.74) is 2.62. The minimum absolute atomic E-state index is 0.0489. The molecule has 0 unspecified atom stereocenters. The minimum Gasteiger partial charge on any atom is -0.490 e. The van der Waals surface area contributed by atoms with Crippen LogP contribution in [-0.4, -0.2) is 12.0 Å². The van der Waals surface area contributed by atoms with Crippen LogP contribution in [0.2, 0.25) is 5.02 Å². The quantitative estimate of drug-likeness (QED) is 0.665. The van der Waals surface area contributed by atoms with Crippen LogP contribution in [0, 0.1) is 17.0 Å². The smallest absolute Gasteiger partial charge is 0.311 e. The molecular weight excluding hydrogens is 292 g/mol. The van der Waals surface area contributed by atoms with Gasteiger partial charge in [-0.25, -0.2) is 0 Å². The van der Waals surface area contributed by atoms with Gasteiger partial charge in [-0.1, -0.05) is 23.7 Å². The van der Waals surface area contributed by atoms with Gasteiger partial charge in [-0.2, -0.15) is 0 Å². The predicted octanol–water partition coefficient (Wildman–Crippen LogP) is 4.18. The van der Waals surface area contributed by atoms with Crippen LogP contribution in [-0.2, 0) is 6.54 Å². The van der Waals surface area contributed by atoms with Gasteiger partial charge in [0.1, 0.15) is 0 Å². The third kappa shape index (κ3) is 3.64. The number of methoxy groups -OCH3 is 1. The third-order valence-corrected chi connectivity index (χ3v) is 3.37. The molecule has 6 heteroatoms. The molecule has 21 heavy (non-hydrogen) atoms. The highest BCUT2D eigenvalue weighted by molar-refractivity contribution is 6.33. The Balaban J connectivity index is 2.18. The van der Waals surface area contributed by atoms with Crippen LogP contribution >= 0.6 is 11.6 Å². The molecule has 0 aliphatic heterocycles. The summed E-state index contributed by atoms with van der Waals surface area (Å²) in [6.45, 7) is 2.41. The number of benzene rings is 2. The summed E-state index contributed by atoms with van der Waals surface area (Å²) in [6, 6.07) is 10.5. The van der Waals surface area contributed by atoms with Crippen molar-refractivity contribution < 1.29 is 9.66 Å². The standard InChI is InChI=1S/C15H15ClN2O3/c1-10-3-5-12(16)13(7-10)17-9-11-4-6-15(21-2)14(8-11)18(19)20/h3-8,17H,9H2,1-2H3. The Morgan fingerprint density at radius 2 is 2.05 bits per heavy atom. The zero-order chi connectivity index (χ0) is 15.4. The van der Waals surface area contributed by atoms with Crippen molar-refractivity contribution in [3.63, 3.8) is 0 Å². The van der Waals surface area contributed by atoms with Crippen LogP contribution in [0.3, 0.4) is 0 Å². The summed E-state index contributed by atoms with van der Waals surface area (Å²) in [6.07, 6.45) is 0. The third-order valence-electron chi connectivity index (χ3n) is 3.04. The molecule has 2 aromatic rings. The van der Waals surface area contributed by atoms with Crippen molar-refractivity contribution in [1.29, 1.82) is 0 Å². The van der Waals surface area contributed by atoms with E-state index in [0.717, 1.165) is 16.8 Å². The fraction of sp³-hybridized carbons (Fsp3) is 0.200. The van der Waals surface area contributed by atoms with E-state index in [1.807, 2.05) is 25.1 Å². The maximum atomic E-state index is 11.0. The molecule has 0 bridgehead atoms. The van der Waals surface area contributed by atoms with Gasteiger partial charge in [-0.05, 0) is 36.2 Å². The normalized spacial score (nSPS) is 10.2. The molecule has 0 saturated heterocycles. The maximum Gasteiger partial charge on any atom is 0.311 e. The molecule has 2 aromatic carbocycles. The van der Waals surface area contributed by atoms with Crippen molar-refractivity contribution in [2.45, 2.75) is 13.5 Å². The number of aryl methyl sites for hydroxylation is 1. The maximum absolute atomic E-state index is 11.0. The Kier molecular flexibility index (Phi) is 4.65. The number of rotatable bonds is 5. The van der Waals surface area contributed by atoms with E-state index in [9.17, 15) is 10.1 Å².